The Bertz CT molecular complexity index is 930. The first-order valence-electron chi connectivity index (χ1n) is 10.5. The molecule has 2 fully saturated rings. The molecule has 1 saturated carbocycles. The van der Waals surface area contributed by atoms with Crippen LogP contribution in [0, 0.1) is 23.0 Å². The van der Waals surface area contributed by atoms with Gasteiger partial charge in [-0.3, -0.25) is 19.7 Å². The molecule has 0 bridgehead atoms. The van der Waals surface area contributed by atoms with Crippen molar-refractivity contribution in [2.24, 2.45) is 11.3 Å². The second-order valence-corrected chi connectivity index (χ2v) is 8.78. The second-order valence-electron chi connectivity index (χ2n) is 8.78. The standard InChI is InChI=1S/C22H25F2N3O5/c1-32-21(30)27-11-22(3-4-22)10-16(20(29)26-31)18(27)19(28)17-8-12(2-5-25-17)13-6-14(23)9-15(24)7-13/h2,6-7,9,16-18,25,31H,3-5,8,10-11H2,1H3,(H,26,29). The molecule has 4 rings (SSSR count). The van der Waals surface area contributed by atoms with Gasteiger partial charge in [-0.15, -0.1) is 0 Å². The largest absolute Gasteiger partial charge is 0.453 e. The highest BCUT2D eigenvalue weighted by atomic mass is 19.1. The Balaban J connectivity index is 1.62. The van der Waals surface area contributed by atoms with Crippen molar-refractivity contribution in [2.75, 3.05) is 20.2 Å². The maximum atomic E-state index is 13.7. The summed E-state index contributed by atoms with van der Waals surface area (Å²) < 4.78 is 32.3. The Labute approximate surface area is 183 Å². The molecule has 3 atom stereocenters. The summed E-state index contributed by atoms with van der Waals surface area (Å²) in [4.78, 5) is 39.9. The van der Waals surface area contributed by atoms with Gasteiger partial charge in [0, 0.05) is 19.2 Å². The van der Waals surface area contributed by atoms with E-state index in [1.54, 1.807) is 11.6 Å². The zero-order chi connectivity index (χ0) is 23.0. The Kier molecular flexibility index (Phi) is 6.00. The maximum absolute atomic E-state index is 13.7. The average molecular weight is 449 g/mol. The van der Waals surface area contributed by atoms with Gasteiger partial charge in [0.15, 0.2) is 5.78 Å². The van der Waals surface area contributed by atoms with Gasteiger partial charge in [-0.2, -0.15) is 0 Å². The van der Waals surface area contributed by atoms with Gasteiger partial charge in [0.1, 0.15) is 17.7 Å². The number of amides is 2. The number of ketones is 1. The lowest BCUT2D eigenvalue weighted by atomic mass is 9.76. The Hall–Kier alpha value is -2.85. The SMILES string of the molecule is COC(=O)N1CC2(CC2)CC(C(=O)NO)C1C(=O)C1CC(c2cc(F)cc(F)c2)=CCN1. The molecule has 1 aromatic rings. The second kappa shape index (κ2) is 8.59. The van der Waals surface area contributed by atoms with Crippen molar-refractivity contribution in [2.45, 2.75) is 37.8 Å². The number of piperidine rings is 1. The summed E-state index contributed by atoms with van der Waals surface area (Å²) in [5.41, 5.74) is 2.29. The molecule has 10 heteroatoms. The third-order valence-corrected chi connectivity index (χ3v) is 6.69. The minimum absolute atomic E-state index is 0.131. The van der Waals surface area contributed by atoms with Gasteiger partial charge in [0.05, 0.1) is 19.1 Å². The quantitative estimate of drug-likeness (QED) is 0.480. The van der Waals surface area contributed by atoms with Crippen LogP contribution in [-0.4, -0.2) is 60.2 Å². The molecule has 3 aliphatic rings. The molecule has 8 nitrogen and oxygen atoms in total. The molecule has 1 spiro atoms. The van der Waals surface area contributed by atoms with Crippen LogP contribution in [0.5, 0.6) is 0 Å². The van der Waals surface area contributed by atoms with Crippen LogP contribution in [0.3, 0.4) is 0 Å². The molecule has 2 aliphatic heterocycles. The number of carbonyl (C=O) groups is 3. The number of benzene rings is 1. The van der Waals surface area contributed by atoms with Gasteiger partial charge in [-0.1, -0.05) is 6.08 Å². The Morgan fingerprint density at radius 1 is 1.22 bits per heavy atom. The van der Waals surface area contributed by atoms with Crippen LogP contribution in [-0.2, 0) is 14.3 Å². The summed E-state index contributed by atoms with van der Waals surface area (Å²) in [6, 6.07) is 1.24. The van der Waals surface area contributed by atoms with Crippen molar-refractivity contribution in [3.05, 3.63) is 41.5 Å². The smallest absolute Gasteiger partial charge is 0.410 e. The number of rotatable bonds is 4. The number of hydrogen-bond donors (Lipinski definition) is 3. The van der Waals surface area contributed by atoms with Gasteiger partial charge in [0.25, 0.3) is 0 Å². The fourth-order valence-electron chi connectivity index (χ4n) is 4.91. The molecule has 172 valence electrons. The third kappa shape index (κ3) is 4.24. The monoisotopic (exact) mass is 449 g/mol. The van der Waals surface area contributed by atoms with E-state index in [2.05, 4.69) is 5.32 Å². The van der Waals surface area contributed by atoms with Crippen LogP contribution in [0.1, 0.15) is 31.2 Å². The number of carbonyl (C=O) groups excluding carboxylic acids is 3. The molecule has 3 unspecified atom stereocenters. The molecule has 0 radical (unpaired) electrons. The van der Waals surface area contributed by atoms with E-state index >= 15 is 0 Å². The molecular weight excluding hydrogens is 424 g/mol. The summed E-state index contributed by atoms with van der Waals surface area (Å²) in [6.07, 6.45) is 3.16. The Morgan fingerprint density at radius 3 is 2.50 bits per heavy atom. The van der Waals surface area contributed by atoms with Crippen molar-refractivity contribution in [3.8, 4) is 0 Å². The first-order chi connectivity index (χ1) is 15.3. The first-order valence-corrected chi connectivity index (χ1v) is 10.5. The average Bonchev–Trinajstić information content (AvgIpc) is 3.54. The lowest BCUT2D eigenvalue weighted by Crippen LogP contribution is -2.62. The number of halogens is 2. The van der Waals surface area contributed by atoms with Crippen LogP contribution in [0.4, 0.5) is 13.6 Å². The van der Waals surface area contributed by atoms with Crippen LogP contribution < -0.4 is 10.8 Å². The number of nitrogens with one attached hydrogen (secondary N) is 2. The highest BCUT2D eigenvalue weighted by molar-refractivity contribution is 5.98. The molecule has 2 amide bonds. The number of likely N-dealkylation sites (tertiary alicyclic amines) is 1. The van der Waals surface area contributed by atoms with Crippen molar-refractivity contribution in [3.63, 3.8) is 0 Å². The van der Waals surface area contributed by atoms with Crippen LogP contribution in [0.2, 0.25) is 0 Å². The van der Waals surface area contributed by atoms with Crippen molar-refractivity contribution >= 4 is 23.4 Å². The van der Waals surface area contributed by atoms with Gasteiger partial charge >= 0.3 is 6.09 Å². The third-order valence-electron chi connectivity index (χ3n) is 6.69. The lowest BCUT2D eigenvalue weighted by molar-refractivity contribution is -0.144. The minimum Gasteiger partial charge on any atom is -0.453 e. The van der Waals surface area contributed by atoms with E-state index in [0.717, 1.165) is 18.9 Å². The molecule has 32 heavy (non-hydrogen) atoms. The molecule has 2 heterocycles. The Morgan fingerprint density at radius 2 is 1.91 bits per heavy atom. The summed E-state index contributed by atoms with van der Waals surface area (Å²) in [5, 5.41) is 12.3. The number of methoxy groups -OCH3 is 1. The number of nitrogens with zero attached hydrogens (tertiary/aromatic N) is 1. The van der Waals surface area contributed by atoms with E-state index in [0.29, 0.717) is 17.6 Å². The van der Waals surface area contributed by atoms with E-state index in [1.165, 1.54) is 24.1 Å². The van der Waals surface area contributed by atoms with Crippen LogP contribution >= 0.6 is 0 Å². The number of hydroxylamine groups is 1. The van der Waals surface area contributed by atoms with Crippen molar-refractivity contribution < 1.29 is 33.1 Å². The fourth-order valence-corrected chi connectivity index (χ4v) is 4.91. The van der Waals surface area contributed by atoms with Gasteiger partial charge < -0.3 is 10.1 Å². The number of hydrogen-bond acceptors (Lipinski definition) is 6. The lowest BCUT2D eigenvalue weighted by Gasteiger charge is -2.44. The zero-order valence-corrected chi connectivity index (χ0v) is 17.6. The highest BCUT2D eigenvalue weighted by Crippen LogP contribution is 2.55. The maximum Gasteiger partial charge on any atom is 0.410 e. The topological polar surface area (TPSA) is 108 Å². The van der Waals surface area contributed by atoms with Crippen LogP contribution in [0.15, 0.2) is 24.3 Å². The van der Waals surface area contributed by atoms with Gasteiger partial charge in [0.2, 0.25) is 5.91 Å². The number of ether oxygens (including phenoxy) is 1. The predicted octanol–water partition coefficient (Wildman–Crippen LogP) is 2.02. The van der Waals surface area contributed by atoms with E-state index in [1.807, 2.05) is 0 Å². The molecular formula is C22H25F2N3O5. The van der Waals surface area contributed by atoms with E-state index < -0.39 is 47.4 Å². The molecule has 3 N–H and O–H groups in total. The molecule has 1 aromatic carbocycles. The minimum atomic E-state index is -1.14. The number of Topliss-reactive ketones (excluding diaryl/α,β-unsaturated/α-hetero) is 1. The van der Waals surface area contributed by atoms with Crippen molar-refractivity contribution in [1.29, 1.82) is 0 Å². The highest BCUT2D eigenvalue weighted by Gasteiger charge is 2.57. The van der Waals surface area contributed by atoms with Gasteiger partial charge in [-0.05, 0) is 54.4 Å². The van der Waals surface area contributed by atoms with Crippen molar-refractivity contribution in [1.82, 2.24) is 15.7 Å². The molecule has 1 aliphatic carbocycles. The summed E-state index contributed by atoms with van der Waals surface area (Å²) >= 11 is 0. The normalized spacial score (nSPS) is 26.3. The van der Waals surface area contributed by atoms with Crippen LogP contribution in [0.25, 0.3) is 5.57 Å². The summed E-state index contributed by atoms with van der Waals surface area (Å²) in [5.74, 6) is -3.53. The van der Waals surface area contributed by atoms with E-state index in [-0.39, 0.29) is 24.9 Å². The zero-order valence-electron chi connectivity index (χ0n) is 17.6. The predicted molar refractivity (Wildman–Crippen MR) is 108 cm³/mol. The molecule has 1 saturated heterocycles. The molecule has 0 aromatic heterocycles. The van der Waals surface area contributed by atoms with E-state index in [9.17, 15) is 28.4 Å². The fraction of sp³-hybridized carbons (Fsp3) is 0.500. The summed E-state index contributed by atoms with van der Waals surface area (Å²) in [7, 11) is 1.21. The summed E-state index contributed by atoms with van der Waals surface area (Å²) in [6.45, 7) is 0.561. The van der Waals surface area contributed by atoms with E-state index in [4.69, 9.17) is 4.74 Å². The van der Waals surface area contributed by atoms with Gasteiger partial charge in [-0.25, -0.2) is 19.1 Å². The first kappa shape index (κ1) is 22.3.